The van der Waals surface area contributed by atoms with Crippen LogP contribution in [0.15, 0.2) is 18.2 Å². The van der Waals surface area contributed by atoms with E-state index in [-0.39, 0.29) is 5.56 Å². The van der Waals surface area contributed by atoms with Crippen LogP contribution in [0.2, 0.25) is 0 Å². The second kappa shape index (κ2) is 4.64. The van der Waals surface area contributed by atoms with Crippen molar-refractivity contribution in [1.29, 1.82) is 0 Å². The second-order valence-corrected chi connectivity index (χ2v) is 4.35. The topological polar surface area (TPSA) is 26.3 Å². The molecule has 1 aromatic rings. The summed E-state index contributed by atoms with van der Waals surface area (Å²) in [5, 5.41) is 0. The van der Waals surface area contributed by atoms with Gasteiger partial charge in [0, 0.05) is 0 Å². The first-order valence-electron chi connectivity index (χ1n) is 5.60. The summed E-state index contributed by atoms with van der Waals surface area (Å²) in [4.78, 5) is 11.6. The van der Waals surface area contributed by atoms with Gasteiger partial charge in [-0.1, -0.05) is 24.5 Å². The van der Waals surface area contributed by atoms with E-state index in [2.05, 4.69) is 0 Å². The third kappa shape index (κ3) is 2.81. The van der Waals surface area contributed by atoms with Crippen LogP contribution in [-0.4, -0.2) is 12.6 Å². The van der Waals surface area contributed by atoms with Crippen molar-refractivity contribution in [3.63, 3.8) is 0 Å². The molecule has 1 saturated carbocycles. The van der Waals surface area contributed by atoms with E-state index in [1.54, 1.807) is 6.07 Å². The van der Waals surface area contributed by atoms with Gasteiger partial charge in [-0.15, -0.1) is 0 Å². The molecule has 1 aliphatic carbocycles. The molecule has 0 radical (unpaired) electrons. The summed E-state index contributed by atoms with van der Waals surface area (Å²) >= 11 is 0. The molecule has 1 aliphatic rings. The van der Waals surface area contributed by atoms with Crippen molar-refractivity contribution in [2.45, 2.75) is 26.2 Å². The molecular formula is C13H15FO2. The standard InChI is InChI=1S/C13H15FO2/c1-9-2-5-12(14)11(8-9)13(15)16-7-6-10-3-4-10/h2,5,8,10H,3-4,6-7H2,1H3. The molecule has 16 heavy (non-hydrogen) atoms. The highest BCUT2D eigenvalue weighted by Crippen LogP contribution is 2.32. The van der Waals surface area contributed by atoms with E-state index in [1.165, 1.54) is 25.0 Å². The van der Waals surface area contributed by atoms with Gasteiger partial charge in [0.2, 0.25) is 0 Å². The zero-order chi connectivity index (χ0) is 11.5. The molecule has 0 spiro atoms. The SMILES string of the molecule is Cc1ccc(F)c(C(=O)OCCC2CC2)c1. The van der Waals surface area contributed by atoms with Crippen LogP contribution < -0.4 is 0 Å². The number of carbonyl (C=O) groups is 1. The van der Waals surface area contributed by atoms with Gasteiger partial charge in [-0.2, -0.15) is 0 Å². The second-order valence-electron chi connectivity index (χ2n) is 4.35. The van der Waals surface area contributed by atoms with Crippen LogP contribution in [-0.2, 0) is 4.74 Å². The van der Waals surface area contributed by atoms with Crippen LogP contribution in [0.5, 0.6) is 0 Å². The quantitative estimate of drug-likeness (QED) is 0.732. The molecule has 0 unspecified atom stereocenters. The summed E-state index contributed by atoms with van der Waals surface area (Å²) in [6, 6.07) is 4.46. The normalized spacial score (nSPS) is 14.9. The van der Waals surface area contributed by atoms with E-state index in [9.17, 15) is 9.18 Å². The number of halogens is 1. The Balaban J connectivity index is 1.93. The van der Waals surface area contributed by atoms with Crippen molar-refractivity contribution in [2.75, 3.05) is 6.61 Å². The van der Waals surface area contributed by atoms with E-state index >= 15 is 0 Å². The summed E-state index contributed by atoms with van der Waals surface area (Å²) < 4.78 is 18.4. The number of aryl methyl sites for hydroxylation is 1. The number of carbonyl (C=O) groups excluding carboxylic acids is 1. The molecule has 0 amide bonds. The molecule has 2 rings (SSSR count). The lowest BCUT2D eigenvalue weighted by molar-refractivity contribution is 0.0489. The first-order chi connectivity index (χ1) is 7.66. The van der Waals surface area contributed by atoms with Gasteiger partial charge in [-0.25, -0.2) is 9.18 Å². The lowest BCUT2D eigenvalue weighted by Crippen LogP contribution is -2.09. The van der Waals surface area contributed by atoms with Crippen LogP contribution in [0.4, 0.5) is 4.39 Å². The van der Waals surface area contributed by atoms with Crippen LogP contribution in [0.25, 0.3) is 0 Å². The number of ether oxygens (including phenoxy) is 1. The van der Waals surface area contributed by atoms with E-state index in [1.807, 2.05) is 6.92 Å². The summed E-state index contributed by atoms with van der Waals surface area (Å²) in [6.45, 7) is 2.22. The monoisotopic (exact) mass is 222 g/mol. The van der Waals surface area contributed by atoms with Crippen molar-refractivity contribution >= 4 is 5.97 Å². The van der Waals surface area contributed by atoms with Crippen molar-refractivity contribution in [1.82, 2.24) is 0 Å². The molecule has 0 N–H and O–H groups in total. The molecule has 0 atom stereocenters. The number of rotatable bonds is 4. The van der Waals surface area contributed by atoms with Gasteiger partial charge in [0.25, 0.3) is 0 Å². The van der Waals surface area contributed by atoms with Crippen molar-refractivity contribution in [2.24, 2.45) is 5.92 Å². The number of hydrogen-bond donors (Lipinski definition) is 0. The van der Waals surface area contributed by atoms with E-state index in [0.29, 0.717) is 6.61 Å². The van der Waals surface area contributed by atoms with Gasteiger partial charge < -0.3 is 4.74 Å². The molecule has 0 bridgehead atoms. The smallest absolute Gasteiger partial charge is 0.341 e. The van der Waals surface area contributed by atoms with Crippen molar-refractivity contribution in [3.05, 3.63) is 35.1 Å². The zero-order valence-corrected chi connectivity index (χ0v) is 9.33. The summed E-state index contributed by atoms with van der Waals surface area (Å²) in [5.74, 6) is -0.348. The Kier molecular flexibility index (Phi) is 3.22. The first kappa shape index (κ1) is 11.1. The average molecular weight is 222 g/mol. The Hall–Kier alpha value is -1.38. The maximum absolute atomic E-state index is 13.3. The largest absolute Gasteiger partial charge is 0.462 e. The minimum atomic E-state index is -0.554. The molecule has 0 aliphatic heterocycles. The van der Waals surface area contributed by atoms with Crippen molar-refractivity contribution < 1.29 is 13.9 Å². The third-order valence-electron chi connectivity index (χ3n) is 2.80. The Morgan fingerprint density at radius 3 is 2.94 bits per heavy atom. The number of benzene rings is 1. The van der Waals surface area contributed by atoms with E-state index in [0.717, 1.165) is 17.9 Å². The van der Waals surface area contributed by atoms with Crippen LogP contribution >= 0.6 is 0 Å². The van der Waals surface area contributed by atoms with Gasteiger partial charge in [0.15, 0.2) is 0 Å². The molecular weight excluding hydrogens is 207 g/mol. The lowest BCUT2D eigenvalue weighted by atomic mass is 10.1. The molecule has 86 valence electrons. The summed E-state index contributed by atoms with van der Waals surface area (Å²) in [6.07, 6.45) is 3.37. The van der Waals surface area contributed by atoms with E-state index in [4.69, 9.17) is 4.74 Å². The molecule has 1 aromatic carbocycles. The highest BCUT2D eigenvalue weighted by molar-refractivity contribution is 5.89. The Morgan fingerprint density at radius 2 is 2.25 bits per heavy atom. The highest BCUT2D eigenvalue weighted by Gasteiger charge is 2.21. The van der Waals surface area contributed by atoms with Gasteiger partial charge in [0.1, 0.15) is 5.82 Å². The highest BCUT2D eigenvalue weighted by atomic mass is 19.1. The predicted octanol–water partition coefficient (Wildman–Crippen LogP) is 3.09. The fourth-order valence-electron chi connectivity index (χ4n) is 1.60. The fourth-order valence-corrected chi connectivity index (χ4v) is 1.60. The van der Waals surface area contributed by atoms with Crippen LogP contribution in [0.1, 0.15) is 35.2 Å². The third-order valence-corrected chi connectivity index (χ3v) is 2.80. The Morgan fingerprint density at radius 1 is 1.50 bits per heavy atom. The molecule has 1 fully saturated rings. The van der Waals surface area contributed by atoms with Crippen LogP contribution in [0.3, 0.4) is 0 Å². The van der Waals surface area contributed by atoms with E-state index < -0.39 is 11.8 Å². The summed E-state index contributed by atoms with van der Waals surface area (Å²) in [7, 11) is 0. The Labute approximate surface area is 94.4 Å². The lowest BCUT2D eigenvalue weighted by Gasteiger charge is -2.05. The van der Waals surface area contributed by atoms with Gasteiger partial charge >= 0.3 is 5.97 Å². The maximum Gasteiger partial charge on any atom is 0.341 e. The minimum absolute atomic E-state index is 0.0378. The average Bonchev–Trinajstić information content (AvgIpc) is 3.05. The first-order valence-corrected chi connectivity index (χ1v) is 5.60. The number of hydrogen-bond acceptors (Lipinski definition) is 2. The van der Waals surface area contributed by atoms with Gasteiger partial charge in [0.05, 0.1) is 12.2 Å². The predicted molar refractivity (Wildman–Crippen MR) is 58.8 cm³/mol. The molecule has 0 heterocycles. The fraction of sp³-hybridized carbons (Fsp3) is 0.462. The van der Waals surface area contributed by atoms with Crippen LogP contribution in [0, 0.1) is 18.7 Å². The molecule has 0 aromatic heterocycles. The molecule has 3 heteroatoms. The summed E-state index contributed by atoms with van der Waals surface area (Å²) in [5.41, 5.74) is 0.895. The minimum Gasteiger partial charge on any atom is -0.462 e. The molecule has 0 saturated heterocycles. The van der Waals surface area contributed by atoms with Gasteiger partial charge in [-0.3, -0.25) is 0 Å². The maximum atomic E-state index is 13.3. The van der Waals surface area contributed by atoms with Gasteiger partial charge in [-0.05, 0) is 31.4 Å². The zero-order valence-electron chi connectivity index (χ0n) is 9.33. The Bertz CT molecular complexity index is 397. The number of esters is 1. The van der Waals surface area contributed by atoms with Crippen molar-refractivity contribution in [3.8, 4) is 0 Å². The molecule has 2 nitrogen and oxygen atoms in total.